The van der Waals surface area contributed by atoms with E-state index in [0.29, 0.717) is 25.3 Å². The third-order valence-electron chi connectivity index (χ3n) is 3.65. The number of morpholine rings is 1. The fraction of sp³-hybridized carbons (Fsp3) is 0.600. The maximum atomic E-state index is 12.2. The normalized spacial score (nSPS) is 24.6. The van der Waals surface area contributed by atoms with Crippen LogP contribution in [-0.4, -0.2) is 55.1 Å². The van der Waals surface area contributed by atoms with Gasteiger partial charge in [-0.1, -0.05) is 0 Å². The Morgan fingerprint density at radius 2 is 2.36 bits per heavy atom. The predicted molar refractivity (Wildman–Crippen MR) is 82.6 cm³/mol. The van der Waals surface area contributed by atoms with Gasteiger partial charge in [0.15, 0.2) is 0 Å². The molecule has 0 bridgehead atoms. The number of dihydropyridines is 1. The Hall–Kier alpha value is -1.86. The summed E-state index contributed by atoms with van der Waals surface area (Å²) in [6.07, 6.45) is 4.13. The second-order valence-electron chi connectivity index (χ2n) is 6.22. The molecule has 7 nitrogen and oxygen atoms in total. The fourth-order valence-electron chi connectivity index (χ4n) is 2.60. The SMILES string of the molecule is CC1NC=C(NC(=O)CN2CCOC(C)(C)C2)C=C1NC=O. The maximum Gasteiger partial charge on any atom is 0.238 e. The van der Waals surface area contributed by atoms with Crippen LogP contribution in [0.1, 0.15) is 20.8 Å². The van der Waals surface area contributed by atoms with Crippen molar-refractivity contribution in [3.8, 4) is 0 Å². The molecule has 0 aromatic heterocycles. The fourth-order valence-corrected chi connectivity index (χ4v) is 2.60. The molecule has 2 rings (SSSR count). The lowest BCUT2D eigenvalue weighted by molar-refractivity contribution is -0.126. The van der Waals surface area contributed by atoms with Gasteiger partial charge in [-0.15, -0.1) is 0 Å². The molecule has 2 amide bonds. The van der Waals surface area contributed by atoms with E-state index in [1.54, 1.807) is 12.3 Å². The van der Waals surface area contributed by atoms with Gasteiger partial charge in [-0.05, 0) is 26.8 Å². The van der Waals surface area contributed by atoms with Gasteiger partial charge in [0.25, 0.3) is 0 Å². The van der Waals surface area contributed by atoms with Crippen molar-refractivity contribution in [3.63, 3.8) is 0 Å². The molecule has 2 aliphatic rings. The molecule has 1 unspecified atom stereocenters. The van der Waals surface area contributed by atoms with Crippen LogP contribution in [-0.2, 0) is 14.3 Å². The average Bonchev–Trinajstić information content (AvgIpc) is 2.41. The highest BCUT2D eigenvalue weighted by molar-refractivity contribution is 5.80. The van der Waals surface area contributed by atoms with Crippen LogP contribution in [0.3, 0.4) is 0 Å². The van der Waals surface area contributed by atoms with Gasteiger partial charge in [-0.25, -0.2) is 0 Å². The van der Waals surface area contributed by atoms with E-state index in [9.17, 15) is 9.59 Å². The largest absolute Gasteiger partial charge is 0.381 e. The number of carbonyl (C=O) groups is 2. The Balaban J connectivity index is 1.88. The van der Waals surface area contributed by atoms with Gasteiger partial charge < -0.3 is 20.7 Å². The first-order valence-corrected chi connectivity index (χ1v) is 7.44. The highest BCUT2D eigenvalue weighted by Gasteiger charge is 2.28. The van der Waals surface area contributed by atoms with Crippen LogP contribution >= 0.6 is 0 Å². The van der Waals surface area contributed by atoms with E-state index in [-0.39, 0.29) is 17.6 Å². The highest BCUT2D eigenvalue weighted by Crippen LogP contribution is 2.16. The number of ether oxygens (including phenoxy) is 1. The summed E-state index contributed by atoms with van der Waals surface area (Å²) in [4.78, 5) is 24.8. The van der Waals surface area contributed by atoms with Gasteiger partial charge in [0.2, 0.25) is 12.3 Å². The molecule has 0 aromatic carbocycles. The standard InChI is InChI=1S/C15H24N4O3/c1-11-13(17-10-20)6-12(7-16-11)18-14(21)8-19-4-5-22-15(2,3)9-19/h6-7,10-11,16H,4-5,8-9H2,1-3H3,(H,17,20)(H,18,21). The van der Waals surface area contributed by atoms with E-state index < -0.39 is 0 Å². The van der Waals surface area contributed by atoms with E-state index in [4.69, 9.17) is 4.74 Å². The van der Waals surface area contributed by atoms with E-state index >= 15 is 0 Å². The van der Waals surface area contributed by atoms with Crippen molar-refractivity contribution in [2.45, 2.75) is 32.4 Å². The van der Waals surface area contributed by atoms with E-state index in [1.165, 1.54) is 0 Å². The summed E-state index contributed by atoms with van der Waals surface area (Å²) in [5, 5.41) is 8.56. The van der Waals surface area contributed by atoms with Gasteiger partial charge in [-0.2, -0.15) is 0 Å². The monoisotopic (exact) mass is 308 g/mol. The number of allylic oxidation sites excluding steroid dienone is 1. The topological polar surface area (TPSA) is 82.7 Å². The molecule has 0 spiro atoms. The van der Waals surface area contributed by atoms with Gasteiger partial charge in [-0.3, -0.25) is 14.5 Å². The summed E-state index contributed by atoms with van der Waals surface area (Å²) in [7, 11) is 0. The summed E-state index contributed by atoms with van der Waals surface area (Å²) < 4.78 is 5.63. The van der Waals surface area contributed by atoms with E-state index in [0.717, 1.165) is 18.8 Å². The number of hydrogen-bond acceptors (Lipinski definition) is 5. The number of nitrogens with one attached hydrogen (secondary N) is 3. The molecule has 7 heteroatoms. The summed E-state index contributed by atoms with van der Waals surface area (Å²) in [5.41, 5.74) is 1.14. The molecule has 0 aromatic rings. The van der Waals surface area contributed by atoms with Crippen molar-refractivity contribution in [1.29, 1.82) is 0 Å². The number of carbonyl (C=O) groups excluding carboxylic acids is 2. The Morgan fingerprint density at radius 3 is 3.05 bits per heavy atom. The third kappa shape index (κ3) is 4.57. The first-order valence-electron chi connectivity index (χ1n) is 7.44. The first-order chi connectivity index (χ1) is 10.4. The smallest absolute Gasteiger partial charge is 0.238 e. The van der Waals surface area contributed by atoms with Crippen LogP contribution in [0.4, 0.5) is 0 Å². The van der Waals surface area contributed by atoms with Gasteiger partial charge in [0.05, 0.1) is 30.5 Å². The molecule has 2 heterocycles. The zero-order valence-electron chi connectivity index (χ0n) is 13.3. The lowest BCUT2D eigenvalue weighted by Crippen LogP contribution is -2.51. The Morgan fingerprint density at radius 1 is 1.59 bits per heavy atom. The molecule has 0 radical (unpaired) electrons. The highest BCUT2D eigenvalue weighted by atomic mass is 16.5. The zero-order chi connectivity index (χ0) is 16.2. The van der Waals surface area contributed by atoms with Crippen LogP contribution in [0.15, 0.2) is 23.7 Å². The number of rotatable bonds is 5. The molecule has 1 fully saturated rings. The van der Waals surface area contributed by atoms with Crippen LogP contribution in [0.5, 0.6) is 0 Å². The van der Waals surface area contributed by atoms with Crippen molar-refractivity contribution < 1.29 is 14.3 Å². The lowest BCUT2D eigenvalue weighted by Gasteiger charge is -2.37. The number of hydrogen-bond donors (Lipinski definition) is 3. The second-order valence-corrected chi connectivity index (χ2v) is 6.22. The molecule has 122 valence electrons. The average molecular weight is 308 g/mol. The number of nitrogens with zero attached hydrogens (tertiary/aromatic N) is 1. The minimum absolute atomic E-state index is 0.00546. The molecule has 0 aliphatic carbocycles. The van der Waals surface area contributed by atoms with Crippen molar-refractivity contribution in [2.75, 3.05) is 26.2 Å². The predicted octanol–water partition coefficient (Wildman–Crippen LogP) is -0.324. The van der Waals surface area contributed by atoms with E-state index in [1.807, 2.05) is 20.8 Å². The second kappa shape index (κ2) is 6.93. The molecular formula is C15H24N4O3. The zero-order valence-corrected chi connectivity index (χ0v) is 13.3. The molecule has 2 aliphatic heterocycles. The van der Waals surface area contributed by atoms with Crippen molar-refractivity contribution in [3.05, 3.63) is 23.7 Å². The first kappa shape index (κ1) is 16.5. The lowest BCUT2D eigenvalue weighted by atomic mass is 10.1. The van der Waals surface area contributed by atoms with E-state index in [2.05, 4.69) is 20.9 Å². The third-order valence-corrected chi connectivity index (χ3v) is 3.65. The van der Waals surface area contributed by atoms with Crippen molar-refractivity contribution in [1.82, 2.24) is 20.9 Å². The van der Waals surface area contributed by atoms with Crippen LogP contribution in [0.25, 0.3) is 0 Å². The Labute approximate surface area is 130 Å². The maximum absolute atomic E-state index is 12.2. The summed E-state index contributed by atoms with van der Waals surface area (Å²) >= 11 is 0. The van der Waals surface area contributed by atoms with Crippen LogP contribution in [0.2, 0.25) is 0 Å². The van der Waals surface area contributed by atoms with Gasteiger partial charge >= 0.3 is 0 Å². The quantitative estimate of drug-likeness (QED) is 0.606. The Bertz CT molecular complexity index is 499. The van der Waals surface area contributed by atoms with Gasteiger partial charge in [0, 0.05) is 25.0 Å². The molecular weight excluding hydrogens is 284 g/mol. The summed E-state index contributed by atoms with van der Waals surface area (Å²) in [5.74, 6) is -0.0815. The minimum Gasteiger partial charge on any atom is -0.381 e. The van der Waals surface area contributed by atoms with Crippen LogP contribution < -0.4 is 16.0 Å². The molecule has 1 saturated heterocycles. The number of amides is 2. The Kier molecular flexibility index (Phi) is 5.20. The summed E-state index contributed by atoms with van der Waals surface area (Å²) in [6, 6.07) is 0.00546. The van der Waals surface area contributed by atoms with Crippen molar-refractivity contribution >= 4 is 12.3 Å². The molecule has 1 atom stereocenters. The summed E-state index contributed by atoms with van der Waals surface area (Å²) in [6.45, 7) is 8.40. The molecule has 3 N–H and O–H groups in total. The molecule has 0 saturated carbocycles. The molecule has 22 heavy (non-hydrogen) atoms. The van der Waals surface area contributed by atoms with Crippen molar-refractivity contribution in [2.24, 2.45) is 0 Å². The van der Waals surface area contributed by atoms with Crippen LogP contribution in [0, 0.1) is 0 Å². The van der Waals surface area contributed by atoms with Gasteiger partial charge in [0.1, 0.15) is 0 Å². The minimum atomic E-state index is -0.222.